The van der Waals surface area contributed by atoms with Gasteiger partial charge in [-0.2, -0.15) is 8.61 Å². The summed E-state index contributed by atoms with van der Waals surface area (Å²) in [7, 11) is -6.59. The third-order valence-corrected chi connectivity index (χ3v) is 12.6. The summed E-state index contributed by atoms with van der Waals surface area (Å²) in [5, 5.41) is 0. The van der Waals surface area contributed by atoms with Gasteiger partial charge in [-0.15, -0.1) is 0 Å². The molecular weight excluding hydrogens is 597 g/mol. The summed E-state index contributed by atoms with van der Waals surface area (Å²) in [4.78, 5) is 14.2. The fourth-order valence-electron chi connectivity index (χ4n) is 6.45. The van der Waals surface area contributed by atoms with E-state index in [1.807, 2.05) is 37.3 Å². The molecule has 0 spiro atoms. The van der Waals surface area contributed by atoms with Crippen LogP contribution < -0.4 is 4.74 Å². The van der Waals surface area contributed by atoms with Crippen molar-refractivity contribution in [3.63, 3.8) is 0 Å². The van der Waals surface area contributed by atoms with Gasteiger partial charge in [0.05, 0.1) is 29.0 Å². The molecule has 0 radical (unpaired) electrons. The Bertz CT molecular complexity index is 1850. The fourth-order valence-corrected chi connectivity index (χ4v) is 9.97. The van der Waals surface area contributed by atoms with E-state index in [1.165, 1.54) is 20.7 Å². The standard InChI is InChI=1S/C34H34N2O6S2/c1-24-13-19-29(20-14-24)44(40,41)36-32(25-9-5-3-6-10-25)22-34(37)30-23-35(43(38,39)28-11-7-4-8-12-28)31(21-33(30)36)26-15-17-27(42-2)18-16-26/h3-20,30-33H,21-23H2,1-2H3/t30-,31+,32+,33+/m1/s1. The number of Topliss-reactive ketones (excluding diaryl/α,β-unsaturated/α-hetero) is 1. The molecule has 2 saturated heterocycles. The molecule has 44 heavy (non-hydrogen) atoms. The molecule has 8 nitrogen and oxygen atoms in total. The minimum Gasteiger partial charge on any atom is -0.497 e. The Morgan fingerprint density at radius 1 is 0.682 bits per heavy atom. The highest BCUT2D eigenvalue weighted by Crippen LogP contribution is 2.48. The maximum absolute atomic E-state index is 14.5. The Balaban J connectivity index is 1.50. The number of aryl methyl sites for hydroxylation is 1. The normalized spacial score (nSPS) is 23.2. The Hall–Kier alpha value is -3.83. The minimum absolute atomic E-state index is 0.0529. The van der Waals surface area contributed by atoms with E-state index in [-0.39, 0.29) is 35.0 Å². The smallest absolute Gasteiger partial charge is 0.243 e. The van der Waals surface area contributed by atoms with Crippen LogP contribution in [0, 0.1) is 12.8 Å². The molecule has 0 aromatic heterocycles. The number of sulfonamides is 2. The van der Waals surface area contributed by atoms with Gasteiger partial charge in [-0.1, -0.05) is 78.4 Å². The summed E-state index contributed by atoms with van der Waals surface area (Å²) in [5.41, 5.74) is 2.33. The van der Waals surface area contributed by atoms with Gasteiger partial charge in [0.25, 0.3) is 0 Å². The van der Waals surface area contributed by atoms with Gasteiger partial charge < -0.3 is 4.74 Å². The van der Waals surface area contributed by atoms with E-state index < -0.39 is 44.1 Å². The molecule has 10 heteroatoms. The fraction of sp³-hybridized carbons (Fsp3) is 0.265. The van der Waals surface area contributed by atoms with Gasteiger partial charge in [0.15, 0.2) is 0 Å². The van der Waals surface area contributed by atoms with E-state index in [9.17, 15) is 21.6 Å². The Morgan fingerprint density at radius 3 is 1.86 bits per heavy atom. The van der Waals surface area contributed by atoms with Crippen molar-refractivity contribution in [2.75, 3.05) is 13.7 Å². The minimum atomic E-state index is -4.10. The zero-order chi connectivity index (χ0) is 31.1. The van der Waals surface area contributed by atoms with Gasteiger partial charge in [0, 0.05) is 24.9 Å². The Labute approximate surface area is 259 Å². The highest BCUT2D eigenvalue weighted by atomic mass is 32.2. The summed E-state index contributed by atoms with van der Waals surface area (Å²) in [6.07, 6.45) is 0.0475. The second-order valence-electron chi connectivity index (χ2n) is 11.3. The van der Waals surface area contributed by atoms with Crippen LogP contribution in [0.1, 0.15) is 41.6 Å². The molecule has 0 N–H and O–H groups in total. The number of hydrogen-bond donors (Lipinski definition) is 0. The third-order valence-electron chi connectivity index (χ3n) is 8.73. The SMILES string of the molecule is COc1ccc([C@@H]2C[C@H]3[C@@H](CN2S(=O)(=O)c2ccccc2)C(=O)C[C@@H](c2ccccc2)N3S(=O)(=O)c2ccc(C)cc2)cc1. The average Bonchev–Trinajstić information content (AvgIpc) is 3.05. The lowest BCUT2D eigenvalue weighted by Gasteiger charge is -2.51. The van der Waals surface area contributed by atoms with Crippen molar-refractivity contribution >= 4 is 25.8 Å². The van der Waals surface area contributed by atoms with E-state index in [4.69, 9.17) is 4.74 Å². The van der Waals surface area contributed by atoms with Crippen LogP contribution in [0.3, 0.4) is 0 Å². The predicted molar refractivity (Wildman–Crippen MR) is 167 cm³/mol. The molecule has 2 aliphatic heterocycles. The first-order chi connectivity index (χ1) is 21.1. The van der Waals surface area contributed by atoms with Gasteiger partial charge in [0.2, 0.25) is 20.0 Å². The summed E-state index contributed by atoms with van der Waals surface area (Å²) in [5.74, 6) is -0.385. The lowest BCUT2D eigenvalue weighted by Crippen LogP contribution is -2.60. The quantitative estimate of drug-likeness (QED) is 0.266. The highest BCUT2D eigenvalue weighted by Gasteiger charge is 2.54. The molecule has 6 rings (SSSR count). The van der Waals surface area contributed by atoms with Crippen LogP contribution >= 0.6 is 0 Å². The van der Waals surface area contributed by atoms with Crippen LogP contribution in [-0.2, 0) is 24.8 Å². The Kier molecular flexibility index (Phi) is 8.19. The molecule has 228 valence electrons. The van der Waals surface area contributed by atoms with Crippen molar-refractivity contribution in [3.05, 3.63) is 126 Å². The molecule has 0 amide bonds. The zero-order valence-corrected chi connectivity index (χ0v) is 26.1. The molecule has 0 aliphatic carbocycles. The summed E-state index contributed by atoms with van der Waals surface area (Å²) >= 11 is 0. The van der Waals surface area contributed by atoms with Crippen LogP contribution in [0.15, 0.2) is 119 Å². The summed E-state index contributed by atoms with van der Waals surface area (Å²) in [6, 6.07) is 28.9. The molecule has 2 aliphatic rings. The molecular formula is C34H34N2O6S2. The number of ketones is 1. The molecule has 4 aromatic carbocycles. The number of carbonyl (C=O) groups excluding carboxylic acids is 1. The maximum Gasteiger partial charge on any atom is 0.243 e. The average molecular weight is 631 g/mol. The number of carbonyl (C=O) groups is 1. The number of piperidine rings is 2. The Morgan fingerprint density at radius 2 is 1.25 bits per heavy atom. The third kappa shape index (κ3) is 5.47. The van der Waals surface area contributed by atoms with E-state index in [1.54, 1.807) is 73.8 Å². The number of methoxy groups -OCH3 is 1. The summed E-state index contributed by atoms with van der Waals surface area (Å²) < 4.78 is 65.6. The second-order valence-corrected chi connectivity index (χ2v) is 15.1. The van der Waals surface area contributed by atoms with Gasteiger partial charge in [-0.25, -0.2) is 16.8 Å². The van der Waals surface area contributed by atoms with Crippen molar-refractivity contribution in [3.8, 4) is 5.75 Å². The van der Waals surface area contributed by atoms with Gasteiger partial charge in [0.1, 0.15) is 11.5 Å². The number of fused-ring (bicyclic) bond motifs is 1. The van der Waals surface area contributed by atoms with Crippen molar-refractivity contribution < 1.29 is 26.4 Å². The van der Waals surface area contributed by atoms with Gasteiger partial charge in [-0.05, 0) is 60.9 Å². The predicted octanol–water partition coefficient (Wildman–Crippen LogP) is 5.53. The van der Waals surface area contributed by atoms with Crippen molar-refractivity contribution in [2.24, 2.45) is 5.92 Å². The van der Waals surface area contributed by atoms with E-state index in [2.05, 4.69) is 0 Å². The van der Waals surface area contributed by atoms with Crippen molar-refractivity contribution in [1.82, 2.24) is 8.61 Å². The second kappa shape index (κ2) is 11.9. The first-order valence-electron chi connectivity index (χ1n) is 14.5. The topological polar surface area (TPSA) is 101 Å². The lowest BCUT2D eigenvalue weighted by atomic mass is 9.77. The van der Waals surface area contributed by atoms with E-state index >= 15 is 0 Å². The highest BCUT2D eigenvalue weighted by molar-refractivity contribution is 7.89. The first kappa shape index (κ1) is 30.2. The lowest BCUT2D eigenvalue weighted by molar-refractivity contribution is -0.132. The van der Waals surface area contributed by atoms with E-state index in [0.717, 1.165) is 11.1 Å². The van der Waals surface area contributed by atoms with Crippen LogP contribution in [0.25, 0.3) is 0 Å². The largest absolute Gasteiger partial charge is 0.497 e. The number of hydrogen-bond acceptors (Lipinski definition) is 6. The van der Waals surface area contributed by atoms with Crippen molar-refractivity contribution in [2.45, 2.75) is 47.7 Å². The summed E-state index contributed by atoms with van der Waals surface area (Å²) in [6.45, 7) is 1.75. The number of nitrogens with zero attached hydrogens (tertiary/aromatic N) is 2. The molecule has 0 unspecified atom stereocenters. The number of benzene rings is 4. The molecule has 0 saturated carbocycles. The molecule has 4 atom stereocenters. The molecule has 2 heterocycles. The van der Waals surface area contributed by atoms with Gasteiger partial charge >= 0.3 is 0 Å². The zero-order valence-electron chi connectivity index (χ0n) is 24.5. The van der Waals surface area contributed by atoms with Crippen LogP contribution in [0.5, 0.6) is 5.75 Å². The maximum atomic E-state index is 14.5. The van der Waals surface area contributed by atoms with E-state index in [0.29, 0.717) is 11.3 Å². The number of rotatable bonds is 7. The monoisotopic (exact) mass is 630 g/mol. The molecule has 2 fully saturated rings. The molecule has 4 aromatic rings. The first-order valence-corrected chi connectivity index (χ1v) is 17.4. The number of ether oxygens (including phenoxy) is 1. The van der Waals surface area contributed by atoms with Crippen LogP contribution in [0.2, 0.25) is 0 Å². The van der Waals surface area contributed by atoms with Crippen LogP contribution in [0.4, 0.5) is 0 Å². The van der Waals surface area contributed by atoms with Crippen molar-refractivity contribution in [1.29, 1.82) is 0 Å². The molecule has 0 bridgehead atoms. The van der Waals surface area contributed by atoms with Crippen LogP contribution in [-0.4, -0.2) is 50.9 Å². The van der Waals surface area contributed by atoms with Gasteiger partial charge in [-0.3, -0.25) is 4.79 Å².